The highest BCUT2D eigenvalue weighted by Crippen LogP contribution is 2.24. The molecule has 0 aliphatic carbocycles. The SMILES string of the molecule is CC1(C)CN(c2ccncc2N)CCN1. The highest BCUT2D eigenvalue weighted by Gasteiger charge is 2.26. The summed E-state index contributed by atoms with van der Waals surface area (Å²) >= 11 is 0. The molecule has 0 spiro atoms. The van der Waals surface area contributed by atoms with Gasteiger partial charge in [-0.1, -0.05) is 0 Å². The van der Waals surface area contributed by atoms with Gasteiger partial charge >= 0.3 is 0 Å². The Morgan fingerprint density at radius 2 is 2.33 bits per heavy atom. The predicted molar refractivity (Wildman–Crippen MR) is 62.9 cm³/mol. The minimum atomic E-state index is 0.147. The Morgan fingerprint density at radius 1 is 1.53 bits per heavy atom. The fourth-order valence-electron chi connectivity index (χ4n) is 2.03. The molecule has 0 amide bonds. The number of piperazine rings is 1. The first-order valence-electron chi connectivity index (χ1n) is 5.28. The minimum absolute atomic E-state index is 0.147. The molecule has 0 bridgehead atoms. The molecule has 1 saturated heterocycles. The normalized spacial score (nSPS) is 20.3. The van der Waals surface area contributed by atoms with Crippen LogP contribution in [0.25, 0.3) is 0 Å². The van der Waals surface area contributed by atoms with Gasteiger partial charge in [-0.25, -0.2) is 0 Å². The Morgan fingerprint density at radius 3 is 3.00 bits per heavy atom. The van der Waals surface area contributed by atoms with Crippen LogP contribution in [0.3, 0.4) is 0 Å². The van der Waals surface area contributed by atoms with Gasteiger partial charge in [-0.15, -0.1) is 0 Å². The van der Waals surface area contributed by atoms with Crippen molar-refractivity contribution in [1.82, 2.24) is 10.3 Å². The van der Waals surface area contributed by atoms with Gasteiger partial charge in [-0.3, -0.25) is 4.98 Å². The van der Waals surface area contributed by atoms with E-state index in [1.54, 1.807) is 12.4 Å². The zero-order chi connectivity index (χ0) is 10.9. The van der Waals surface area contributed by atoms with E-state index >= 15 is 0 Å². The van der Waals surface area contributed by atoms with Crippen LogP contribution in [0.4, 0.5) is 11.4 Å². The molecule has 1 aliphatic heterocycles. The highest BCUT2D eigenvalue weighted by molar-refractivity contribution is 5.66. The maximum atomic E-state index is 5.92. The summed E-state index contributed by atoms with van der Waals surface area (Å²) in [4.78, 5) is 6.32. The fraction of sp³-hybridized carbons (Fsp3) is 0.545. The average Bonchev–Trinajstić information content (AvgIpc) is 2.17. The topological polar surface area (TPSA) is 54.2 Å². The van der Waals surface area contributed by atoms with Crippen LogP contribution in [0.2, 0.25) is 0 Å². The standard InChI is InChI=1S/C11H18N4/c1-11(2)8-15(6-5-14-11)10-3-4-13-7-9(10)12/h3-4,7,14H,5-6,8,12H2,1-2H3. The molecule has 2 heterocycles. The maximum absolute atomic E-state index is 5.92. The first-order chi connectivity index (χ1) is 7.08. The number of pyridine rings is 1. The molecule has 4 heteroatoms. The Labute approximate surface area is 90.5 Å². The van der Waals surface area contributed by atoms with Crippen LogP contribution >= 0.6 is 0 Å². The number of nitrogens with one attached hydrogen (secondary N) is 1. The largest absolute Gasteiger partial charge is 0.396 e. The monoisotopic (exact) mass is 206 g/mol. The second kappa shape index (κ2) is 3.70. The van der Waals surface area contributed by atoms with Crippen LogP contribution in [-0.2, 0) is 0 Å². The van der Waals surface area contributed by atoms with Gasteiger partial charge in [0.1, 0.15) is 0 Å². The fourth-order valence-corrected chi connectivity index (χ4v) is 2.03. The molecule has 15 heavy (non-hydrogen) atoms. The van der Waals surface area contributed by atoms with Crippen molar-refractivity contribution < 1.29 is 0 Å². The van der Waals surface area contributed by atoms with Crippen LogP contribution < -0.4 is 16.0 Å². The van der Waals surface area contributed by atoms with Crippen molar-refractivity contribution in [2.45, 2.75) is 19.4 Å². The lowest BCUT2D eigenvalue weighted by Crippen LogP contribution is -2.57. The number of nitrogens with two attached hydrogens (primary N) is 1. The zero-order valence-corrected chi connectivity index (χ0v) is 9.33. The Kier molecular flexibility index (Phi) is 2.52. The molecular weight excluding hydrogens is 188 g/mol. The van der Waals surface area contributed by atoms with Crippen molar-refractivity contribution in [2.75, 3.05) is 30.3 Å². The lowest BCUT2D eigenvalue weighted by atomic mass is 10.0. The van der Waals surface area contributed by atoms with Gasteiger partial charge < -0.3 is 16.0 Å². The third-order valence-corrected chi connectivity index (χ3v) is 2.74. The van der Waals surface area contributed by atoms with E-state index in [4.69, 9.17) is 5.73 Å². The van der Waals surface area contributed by atoms with Crippen molar-refractivity contribution in [2.24, 2.45) is 0 Å². The molecule has 0 unspecified atom stereocenters. The number of nitrogen functional groups attached to an aromatic ring is 1. The maximum Gasteiger partial charge on any atom is 0.0738 e. The summed E-state index contributed by atoms with van der Waals surface area (Å²) in [6.45, 7) is 7.38. The molecule has 0 radical (unpaired) electrons. The first-order valence-corrected chi connectivity index (χ1v) is 5.28. The van der Waals surface area contributed by atoms with Gasteiger partial charge in [0.25, 0.3) is 0 Å². The van der Waals surface area contributed by atoms with Crippen LogP contribution in [0.5, 0.6) is 0 Å². The predicted octanol–water partition coefficient (Wildman–Crippen LogP) is 0.852. The third-order valence-electron chi connectivity index (χ3n) is 2.74. The molecule has 1 fully saturated rings. The van der Waals surface area contributed by atoms with Crippen molar-refractivity contribution >= 4 is 11.4 Å². The van der Waals surface area contributed by atoms with Gasteiger partial charge in [0.2, 0.25) is 0 Å². The highest BCUT2D eigenvalue weighted by atomic mass is 15.2. The number of anilines is 2. The summed E-state index contributed by atoms with van der Waals surface area (Å²) < 4.78 is 0. The molecule has 0 saturated carbocycles. The molecule has 1 aliphatic rings. The van der Waals surface area contributed by atoms with Gasteiger partial charge in [0.15, 0.2) is 0 Å². The molecule has 1 aromatic rings. The van der Waals surface area contributed by atoms with E-state index in [0.29, 0.717) is 0 Å². The summed E-state index contributed by atoms with van der Waals surface area (Å²) in [6.07, 6.45) is 3.51. The quantitative estimate of drug-likeness (QED) is 0.715. The summed E-state index contributed by atoms with van der Waals surface area (Å²) in [6, 6.07) is 1.98. The van der Waals surface area contributed by atoms with E-state index in [1.807, 2.05) is 6.07 Å². The van der Waals surface area contributed by atoms with E-state index in [1.165, 1.54) is 0 Å². The van der Waals surface area contributed by atoms with Gasteiger partial charge in [-0.2, -0.15) is 0 Å². The Balaban J connectivity index is 2.21. The second-order valence-corrected chi connectivity index (χ2v) is 4.67. The smallest absolute Gasteiger partial charge is 0.0738 e. The molecular formula is C11H18N4. The second-order valence-electron chi connectivity index (χ2n) is 4.67. The van der Waals surface area contributed by atoms with Crippen LogP contribution in [0.15, 0.2) is 18.5 Å². The lowest BCUT2D eigenvalue weighted by Gasteiger charge is -2.40. The molecule has 1 aromatic heterocycles. The van der Waals surface area contributed by atoms with E-state index < -0.39 is 0 Å². The van der Waals surface area contributed by atoms with Gasteiger partial charge in [-0.05, 0) is 19.9 Å². The molecule has 4 nitrogen and oxygen atoms in total. The van der Waals surface area contributed by atoms with E-state index in [2.05, 4.69) is 29.0 Å². The summed E-state index contributed by atoms with van der Waals surface area (Å²) in [7, 11) is 0. The van der Waals surface area contributed by atoms with Crippen molar-refractivity contribution in [3.63, 3.8) is 0 Å². The van der Waals surface area contributed by atoms with Gasteiger partial charge in [0.05, 0.1) is 17.6 Å². The molecule has 0 aromatic carbocycles. The van der Waals surface area contributed by atoms with Crippen LogP contribution in [-0.4, -0.2) is 30.2 Å². The number of hydrogen-bond donors (Lipinski definition) is 2. The average molecular weight is 206 g/mol. The Bertz CT molecular complexity index is 348. The van der Waals surface area contributed by atoms with Crippen LogP contribution in [0, 0.1) is 0 Å². The van der Waals surface area contributed by atoms with E-state index in [9.17, 15) is 0 Å². The minimum Gasteiger partial charge on any atom is -0.396 e. The van der Waals surface area contributed by atoms with Crippen molar-refractivity contribution in [3.8, 4) is 0 Å². The lowest BCUT2D eigenvalue weighted by molar-refractivity contribution is 0.353. The molecule has 2 rings (SSSR count). The molecule has 82 valence electrons. The first kappa shape index (κ1) is 10.2. The number of aromatic nitrogens is 1. The number of hydrogen-bond acceptors (Lipinski definition) is 4. The van der Waals surface area contributed by atoms with Crippen LogP contribution in [0.1, 0.15) is 13.8 Å². The molecule has 0 atom stereocenters. The van der Waals surface area contributed by atoms with Crippen molar-refractivity contribution in [1.29, 1.82) is 0 Å². The van der Waals surface area contributed by atoms with E-state index in [-0.39, 0.29) is 5.54 Å². The summed E-state index contributed by atoms with van der Waals surface area (Å²) in [5.74, 6) is 0. The zero-order valence-electron chi connectivity index (χ0n) is 9.33. The third kappa shape index (κ3) is 2.21. The Hall–Kier alpha value is -1.29. The van der Waals surface area contributed by atoms with Gasteiger partial charge in [0, 0.05) is 31.4 Å². The summed E-state index contributed by atoms with van der Waals surface area (Å²) in [5.41, 5.74) is 7.92. The van der Waals surface area contributed by atoms with Crippen molar-refractivity contribution in [3.05, 3.63) is 18.5 Å². The van der Waals surface area contributed by atoms with E-state index in [0.717, 1.165) is 31.0 Å². The summed E-state index contributed by atoms with van der Waals surface area (Å²) in [5, 5.41) is 3.48. The number of nitrogens with zero attached hydrogens (tertiary/aromatic N) is 2. The molecule has 3 N–H and O–H groups in total. The number of rotatable bonds is 1.